The van der Waals surface area contributed by atoms with Gasteiger partial charge >= 0.3 is 0 Å². The lowest BCUT2D eigenvalue weighted by Gasteiger charge is -2.20. The highest BCUT2D eigenvalue weighted by molar-refractivity contribution is 7.99. The maximum Gasteiger partial charge on any atom is 0.229 e. The predicted octanol–water partition coefficient (Wildman–Crippen LogP) is 7.16. The van der Waals surface area contributed by atoms with E-state index in [1.807, 2.05) is 35.2 Å². The first kappa shape index (κ1) is 22.5. The molecule has 0 spiro atoms. The number of aromatic nitrogens is 1. The maximum absolute atomic E-state index is 13.3. The number of thiazole rings is 1. The molecule has 0 saturated heterocycles. The van der Waals surface area contributed by atoms with Crippen molar-refractivity contribution in [3.63, 3.8) is 0 Å². The summed E-state index contributed by atoms with van der Waals surface area (Å²) in [5.74, 6) is 0.638. The second kappa shape index (κ2) is 10.3. The van der Waals surface area contributed by atoms with Crippen LogP contribution in [0.2, 0.25) is 0 Å². The van der Waals surface area contributed by atoms with Gasteiger partial charge in [0, 0.05) is 11.3 Å². The summed E-state index contributed by atoms with van der Waals surface area (Å²) >= 11 is 3.21. The molecule has 3 aromatic carbocycles. The molecule has 0 radical (unpaired) electrons. The Labute approximate surface area is 196 Å². The van der Waals surface area contributed by atoms with Crippen molar-refractivity contribution in [1.82, 2.24) is 4.98 Å². The van der Waals surface area contributed by atoms with Gasteiger partial charge in [0.25, 0.3) is 0 Å². The third-order valence-electron chi connectivity index (χ3n) is 5.41. The standard InChI is InChI=1S/C26H25FN2OS2/c1-18-10-15-23-25(19(18)2)28-26(32-23)29(17-20-7-4-3-5-8-20)24(30)9-6-16-31-22-13-11-21(27)12-14-22/h3-5,7-8,10-15H,6,9,16-17H2,1-2H3. The van der Waals surface area contributed by atoms with Crippen LogP contribution in [-0.2, 0) is 11.3 Å². The fraction of sp³-hybridized carbons (Fsp3) is 0.231. The second-order valence-electron chi connectivity index (χ2n) is 7.72. The molecule has 32 heavy (non-hydrogen) atoms. The molecular formula is C26H25FN2OS2. The summed E-state index contributed by atoms with van der Waals surface area (Å²) in [7, 11) is 0. The lowest BCUT2D eigenvalue weighted by Crippen LogP contribution is -2.30. The maximum atomic E-state index is 13.3. The Kier molecular flexibility index (Phi) is 7.22. The first-order valence-electron chi connectivity index (χ1n) is 10.6. The SMILES string of the molecule is Cc1ccc2sc(N(Cc3ccccc3)C(=O)CCCSc3ccc(F)cc3)nc2c1C. The molecule has 4 aromatic rings. The van der Waals surface area contributed by atoms with E-state index in [0.29, 0.717) is 13.0 Å². The Morgan fingerprint density at radius 3 is 2.53 bits per heavy atom. The van der Waals surface area contributed by atoms with Crippen LogP contribution in [0.15, 0.2) is 71.6 Å². The minimum Gasteiger partial charge on any atom is -0.284 e. The minimum absolute atomic E-state index is 0.0713. The lowest BCUT2D eigenvalue weighted by atomic mass is 10.1. The molecule has 0 aliphatic carbocycles. The number of thioether (sulfide) groups is 1. The van der Waals surface area contributed by atoms with Crippen LogP contribution < -0.4 is 4.90 Å². The number of carbonyl (C=O) groups is 1. The number of halogens is 1. The normalized spacial score (nSPS) is 11.1. The van der Waals surface area contributed by atoms with E-state index in [-0.39, 0.29) is 11.7 Å². The molecule has 3 nitrogen and oxygen atoms in total. The van der Waals surface area contributed by atoms with Crippen molar-refractivity contribution in [2.24, 2.45) is 0 Å². The van der Waals surface area contributed by atoms with Crippen LogP contribution in [0, 0.1) is 19.7 Å². The van der Waals surface area contributed by atoms with Crippen LogP contribution in [0.5, 0.6) is 0 Å². The van der Waals surface area contributed by atoms with Crippen molar-refractivity contribution in [2.45, 2.75) is 38.1 Å². The van der Waals surface area contributed by atoms with Gasteiger partial charge in [-0.05, 0) is 73.0 Å². The van der Waals surface area contributed by atoms with E-state index in [1.54, 1.807) is 35.2 Å². The largest absolute Gasteiger partial charge is 0.284 e. The molecule has 0 atom stereocenters. The van der Waals surface area contributed by atoms with Crippen molar-refractivity contribution in [2.75, 3.05) is 10.7 Å². The molecule has 0 saturated carbocycles. The van der Waals surface area contributed by atoms with Gasteiger partial charge in [-0.25, -0.2) is 9.37 Å². The van der Waals surface area contributed by atoms with Gasteiger partial charge in [0.2, 0.25) is 5.91 Å². The van der Waals surface area contributed by atoms with E-state index in [9.17, 15) is 9.18 Å². The van der Waals surface area contributed by atoms with Gasteiger partial charge in [-0.3, -0.25) is 9.69 Å². The molecule has 1 heterocycles. The Morgan fingerprint density at radius 2 is 1.78 bits per heavy atom. The molecule has 1 aromatic heterocycles. The molecule has 0 unspecified atom stereocenters. The van der Waals surface area contributed by atoms with Crippen molar-refractivity contribution in [3.8, 4) is 0 Å². The summed E-state index contributed by atoms with van der Waals surface area (Å²) < 4.78 is 14.2. The highest BCUT2D eigenvalue weighted by Gasteiger charge is 2.20. The van der Waals surface area contributed by atoms with Gasteiger partial charge in [0.15, 0.2) is 5.13 Å². The van der Waals surface area contributed by atoms with Gasteiger partial charge in [0.05, 0.1) is 16.8 Å². The smallest absolute Gasteiger partial charge is 0.229 e. The Hall–Kier alpha value is -2.70. The van der Waals surface area contributed by atoms with Crippen LogP contribution in [0.3, 0.4) is 0 Å². The fourth-order valence-electron chi connectivity index (χ4n) is 3.44. The molecule has 6 heteroatoms. The van der Waals surface area contributed by atoms with Crippen LogP contribution in [0.25, 0.3) is 10.2 Å². The van der Waals surface area contributed by atoms with Gasteiger partial charge in [0.1, 0.15) is 5.82 Å². The van der Waals surface area contributed by atoms with Gasteiger partial charge in [-0.2, -0.15) is 0 Å². The summed E-state index contributed by atoms with van der Waals surface area (Å²) in [4.78, 5) is 21.0. The Balaban J connectivity index is 1.49. The molecule has 0 fully saturated rings. The number of amides is 1. The number of hydrogen-bond donors (Lipinski definition) is 0. The molecule has 0 bridgehead atoms. The summed E-state index contributed by atoms with van der Waals surface area (Å²) in [6.07, 6.45) is 1.18. The Morgan fingerprint density at radius 1 is 1.03 bits per heavy atom. The molecule has 164 valence electrons. The molecule has 4 rings (SSSR count). The van der Waals surface area contributed by atoms with E-state index >= 15 is 0 Å². The van der Waals surface area contributed by atoms with Crippen molar-refractivity contribution in [3.05, 3.63) is 89.2 Å². The van der Waals surface area contributed by atoms with Crippen LogP contribution in [0.4, 0.5) is 9.52 Å². The van der Waals surface area contributed by atoms with Crippen molar-refractivity contribution in [1.29, 1.82) is 0 Å². The average molecular weight is 465 g/mol. The van der Waals surface area contributed by atoms with Gasteiger partial charge < -0.3 is 0 Å². The second-order valence-corrected chi connectivity index (χ2v) is 9.90. The zero-order chi connectivity index (χ0) is 22.5. The quantitative estimate of drug-likeness (QED) is 0.205. The van der Waals surface area contributed by atoms with Crippen LogP contribution in [0.1, 0.15) is 29.5 Å². The minimum atomic E-state index is -0.234. The third-order valence-corrected chi connectivity index (χ3v) is 7.55. The average Bonchev–Trinajstić information content (AvgIpc) is 3.24. The summed E-state index contributed by atoms with van der Waals surface area (Å²) in [5.41, 5.74) is 4.41. The van der Waals surface area contributed by atoms with Crippen LogP contribution >= 0.6 is 23.1 Å². The number of aryl methyl sites for hydroxylation is 2. The number of benzene rings is 3. The first-order valence-corrected chi connectivity index (χ1v) is 12.4. The zero-order valence-electron chi connectivity index (χ0n) is 18.2. The molecule has 0 aliphatic heterocycles. The van der Waals surface area contributed by atoms with Crippen molar-refractivity contribution >= 4 is 44.4 Å². The Bertz CT molecular complexity index is 1210. The fourth-order valence-corrected chi connectivity index (χ4v) is 5.33. The molecule has 0 aliphatic rings. The number of anilines is 1. The molecular weight excluding hydrogens is 439 g/mol. The number of carbonyl (C=O) groups excluding carboxylic acids is 1. The highest BCUT2D eigenvalue weighted by Crippen LogP contribution is 2.33. The number of rotatable bonds is 8. The number of fused-ring (bicyclic) bond motifs is 1. The van der Waals surface area contributed by atoms with Gasteiger partial charge in [-0.1, -0.05) is 47.7 Å². The first-order chi connectivity index (χ1) is 15.5. The third kappa shape index (κ3) is 5.37. The monoisotopic (exact) mass is 464 g/mol. The van der Waals surface area contributed by atoms with E-state index in [0.717, 1.165) is 43.5 Å². The zero-order valence-corrected chi connectivity index (χ0v) is 19.8. The number of hydrogen-bond acceptors (Lipinski definition) is 4. The summed E-state index contributed by atoms with van der Waals surface area (Å²) in [5, 5.41) is 0.744. The summed E-state index contributed by atoms with van der Waals surface area (Å²) in [6, 6.07) is 20.7. The van der Waals surface area contributed by atoms with E-state index < -0.39 is 0 Å². The predicted molar refractivity (Wildman–Crippen MR) is 133 cm³/mol. The van der Waals surface area contributed by atoms with E-state index in [2.05, 4.69) is 26.0 Å². The molecule has 1 amide bonds. The molecule has 0 N–H and O–H groups in total. The van der Waals surface area contributed by atoms with Gasteiger partial charge in [-0.15, -0.1) is 11.8 Å². The topological polar surface area (TPSA) is 33.2 Å². The van der Waals surface area contributed by atoms with Crippen molar-refractivity contribution < 1.29 is 9.18 Å². The van der Waals surface area contributed by atoms with Crippen LogP contribution in [-0.4, -0.2) is 16.6 Å². The highest BCUT2D eigenvalue weighted by atomic mass is 32.2. The van der Waals surface area contributed by atoms with E-state index in [1.165, 1.54) is 17.7 Å². The van der Waals surface area contributed by atoms with E-state index in [4.69, 9.17) is 4.98 Å². The lowest BCUT2D eigenvalue weighted by molar-refractivity contribution is -0.118. The number of nitrogens with zero attached hydrogens (tertiary/aromatic N) is 2. The summed E-state index contributed by atoms with van der Waals surface area (Å²) in [6.45, 7) is 4.67.